The van der Waals surface area contributed by atoms with E-state index < -0.39 is 5.91 Å². The van der Waals surface area contributed by atoms with E-state index in [0.717, 1.165) is 6.42 Å². The Bertz CT molecular complexity index is 937. The largest absolute Gasteiger partial charge is 0.485 e. The van der Waals surface area contributed by atoms with Crippen molar-refractivity contribution in [1.29, 1.82) is 15.8 Å². The van der Waals surface area contributed by atoms with E-state index in [9.17, 15) is 20.6 Å². The summed E-state index contributed by atoms with van der Waals surface area (Å²) in [5, 5.41) is 30.0. The van der Waals surface area contributed by atoms with Gasteiger partial charge in [0.25, 0.3) is 5.91 Å². The average Bonchev–Trinajstić information content (AvgIpc) is 3.20. The lowest BCUT2D eigenvalue weighted by atomic mass is 10.1. The minimum atomic E-state index is -0.396. The van der Waals surface area contributed by atoms with Gasteiger partial charge in [0.2, 0.25) is 0 Å². The molecule has 0 N–H and O–H groups in total. The second kappa shape index (κ2) is 7.31. The molecule has 0 aliphatic carbocycles. The van der Waals surface area contributed by atoms with Crippen molar-refractivity contribution < 1.29 is 14.3 Å². The second-order valence-corrected chi connectivity index (χ2v) is 6.45. The lowest BCUT2D eigenvalue weighted by molar-refractivity contribution is -0.122. The van der Waals surface area contributed by atoms with Crippen LogP contribution >= 0.6 is 11.3 Å². The number of ether oxygens (including phenoxy) is 2. The minimum absolute atomic E-state index is 0.0306. The highest BCUT2D eigenvalue weighted by Crippen LogP contribution is 2.48. The lowest BCUT2D eigenvalue weighted by Gasteiger charge is -2.19. The number of amides is 1. The van der Waals surface area contributed by atoms with Gasteiger partial charge in [0.15, 0.2) is 17.1 Å². The van der Waals surface area contributed by atoms with E-state index in [4.69, 9.17) is 9.47 Å². The van der Waals surface area contributed by atoms with E-state index in [-0.39, 0.29) is 22.4 Å². The van der Waals surface area contributed by atoms with E-state index >= 15 is 0 Å². The Balaban J connectivity index is 2.22. The fraction of sp³-hybridized carbons (Fsp3) is 0.333. The summed E-state index contributed by atoms with van der Waals surface area (Å²) >= 11 is 1.25. The van der Waals surface area contributed by atoms with Crippen molar-refractivity contribution in [2.75, 3.05) is 19.8 Å². The van der Waals surface area contributed by atoms with Crippen LogP contribution < -0.4 is 9.47 Å². The molecule has 3 heterocycles. The van der Waals surface area contributed by atoms with Crippen molar-refractivity contribution in [3.05, 3.63) is 27.1 Å². The van der Waals surface area contributed by atoms with Crippen LogP contribution in [-0.4, -0.2) is 30.6 Å². The highest BCUT2D eigenvalue weighted by atomic mass is 32.1. The molecular weight excluding hydrogens is 352 g/mol. The summed E-state index contributed by atoms with van der Waals surface area (Å²) < 4.78 is 11.2. The molecule has 1 amide bonds. The molecule has 0 aromatic carbocycles. The van der Waals surface area contributed by atoms with E-state index in [1.807, 2.05) is 13.0 Å². The number of fused-ring (bicyclic) bond motifs is 1. The first-order valence-corrected chi connectivity index (χ1v) is 8.94. The van der Waals surface area contributed by atoms with Crippen molar-refractivity contribution in [2.45, 2.75) is 19.8 Å². The number of unbranched alkanes of at least 4 members (excludes halogenated alkanes) is 1. The van der Waals surface area contributed by atoms with Crippen LogP contribution in [0.2, 0.25) is 0 Å². The summed E-state index contributed by atoms with van der Waals surface area (Å²) in [6, 6.07) is 5.61. The first-order chi connectivity index (χ1) is 12.7. The first kappa shape index (κ1) is 17.5. The van der Waals surface area contributed by atoms with Gasteiger partial charge in [0.1, 0.15) is 31.4 Å². The molecule has 1 aromatic rings. The highest BCUT2D eigenvalue weighted by molar-refractivity contribution is 7.12. The number of thiophene rings is 1. The van der Waals surface area contributed by atoms with Gasteiger partial charge in [-0.3, -0.25) is 4.79 Å². The Hall–Kier alpha value is -3.28. The fourth-order valence-electron chi connectivity index (χ4n) is 2.87. The minimum Gasteiger partial charge on any atom is -0.485 e. The Morgan fingerprint density at radius 3 is 2.65 bits per heavy atom. The van der Waals surface area contributed by atoms with Crippen LogP contribution in [-0.2, 0) is 4.79 Å². The second-order valence-electron chi connectivity index (χ2n) is 5.57. The van der Waals surface area contributed by atoms with Crippen molar-refractivity contribution >= 4 is 22.8 Å². The fourth-order valence-corrected chi connectivity index (χ4v) is 3.85. The average molecular weight is 366 g/mol. The van der Waals surface area contributed by atoms with Gasteiger partial charge in [-0.1, -0.05) is 13.3 Å². The third-order valence-corrected chi connectivity index (χ3v) is 5.01. The van der Waals surface area contributed by atoms with E-state index in [2.05, 4.69) is 0 Å². The monoisotopic (exact) mass is 366 g/mol. The summed E-state index contributed by atoms with van der Waals surface area (Å²) in [6.45, 7) is 3.07. The Morgan fingerprint density at radius 1 is 1.27 bits per heavy atom. The number of rotatable bonds is 4. The van der Waals surface area contributed by atoms with Crippen LogP contribution in [0.25, 0.3) is 5.57 Å². The van der Waals surface area contributed by atoms with Crippen LogP contribution in [0.3, 0.4) is 0 Å². The molecule has 0 unspecified atom stereocenters. The number of allylic oxidation sites excluding steroid dienone is 2. The van der Waals surface area contributed by atoms with E-state index in [1.54, 1.807) is 17.5 Å². The highest BCUT2D eigenvalue weighted by Gasteiger charge is 2.40. The summed E-state index contributed by atoms with van der Waals surface area (Å²) in [4.78, 5) is 14.9. The van der Waals surface area contributed by atoms with Gasteiger partial charge in [-0.25, -0.2) is 0 Å². The van der Waals surface area contributed by atoms with Gasteiger partial charge in [0.05, 0.1) is 21.7 Å². The molecule has 1 aromatic heterocycles. The molecule has 8 heteroatoms. The number of nitriles is 3. The summed E-state index contributed by atoms with van der Waals surface area (Å²) in [5.41, 5.74) is 0.0369. The molecule has 0 bridgehead atoms. The van der Waals surface area contributed by atoms with Crippen LogP contribution in [0.5, 0.6) is 11.5 Å². The van der Waals surface area contributed by atoms with E-state index in [0.29, 0.717) is 42.6 Å². The third-order valence-electron chi connectivity index (χ3n) is 4.05. The van der Waals surface area contributed by atoms with Gasteiger partial charge in [-0.2, -0.15) is 15.8 Å². The van der Waals surface area contributed by atoms with Gasteiger partial charge in [0, 0.05) is 11.9 Å². The zero-order valence-electron chi connectivity index (χ0n) is 14.0. The smallest absolute Gasteiger partial charge is 0.261 e. The van der Waals surface area contributed by atoms with Crippen molar-refractivity contribution in [1.82, 2.24) is 4.90 Å². The number of nitrogens with zero attached hydrogens (tertiary/aromatic N) is 4. The molecule has 0 atom stereocenters. The Kier molecular flexibility index (Phi) is 4.93. The molecule has 0 spiro atoms. The van der Waals surface area contributed by atoms with Crippen LogP contribution in [0.4, 0.5) is 0 Å². The number of carbonyl (C=O) groups is 1. The molecule has 2 aliphatic heterocycles. The summed E-state index contributed by atoms with van der Waals surface area (Å²) in [7, 11) is 0. The maximum absolute atomic E-state index is 13.1. The molecule has 0 saturated heterocycles. The number of hydrogen-bond acceptors (Lipinski definition) is 7. The summed E-state index contributed by atoms with van der Waals surface area (Å²) in [5.74, 6) is 0.573. The molecule has 7 nitrogen and oxygen atoms in total. The third kappa shape index (κ3) is 2.69. The standard InChI is InChI=1S/C18H14N4O3S/c1-2-3-4-22-15(11(7-19)8-20)12(9-21)14(18(22)23)17-16-13(10-26-17)24-5-6-25-16/h10H,2-6H2,1H3. The Morgan fingerprint density at radius 2 is 2.00 bits per heavy atom. The van der Waals surface area contributed by atoms with Crippen molar-refractivity contribution in [2.24, 2.45) is 0 Å². The molecule has 0 radical (unpaired) electrons. The predicted octanol–water partition coefficient (Wildman–Crippen LogP) is 2.74. The molecule has 26 heavy (non-hydrogen) atoms. The summed E-state index contributed by atoms with van der Waals surface area (Å²) in [6.07, 6.45) is 1.52. The zero-order valence-corrected chi connectivity index (χ0v) is 14.9. The van der Waals surface area contributed by atoms with Gasteiger partial charge >= 0.3 is 0 Å². The predicted molar refractivity (Wildman–Crippen MR) is 92.7 cm³/mol. The van der Waals surface area contributed by atoms with Gasteiger partial charge < -0.3 is 14.4 Å². The van der Waals surface area contributed by atoms with Crippen LogP contribution in [0, 0.1) is 34.0 Å². The molecule has 0 fully saturated rings. The van der Waals surface area contributed by atoms with Crippen molar-refractivity contribution in [3.63, 3.8) is 0 Å². The Labute approximate surface area is 154 Å². The van der Waals surface area contributed by atoms with E-state index in [1.165, 1.54) is 16.2 Å². The topological polar surface area (TPSA) is 110 Å². The maximum Gasteiger partial charge on any atom is 0.261 e. The molecular formula is C18H14N4O3S. The van der Waals surface area contributed by atoms with Gasteiger partial charge in [-0.15, -0.1) is 11.3 Å². The number of carbonyl (C=O) groups excluding carboxylic acids is 1. The maximum atomic E-state index is 13.1. The normalized spacial score (nSPS) is 15.5. The first-order valence-electron chi connectivity index (χ1n) is 8.06. The SMILES string of the molecule is CCCCN1C(=O)C(c2scc3c2OCCO3)=C(C#N)C1=C(C#N)C#N. The van der Waals surface area contributed by atoms with Crippen LogP contribution in [0.1, 0.15) is 24.6 Å². The number of hydrogen-bond donors (Lipinski definition) is 0. The molecule has 3 rings (SSSR count). The van der Waals surface area contributed by atoms with Gasteiger partial charge in [-0.05, 0) is 6.42 Å². The lowest BCUT2D eigenvalue weighted by Crippen LogP contribution is -2.27. The van der Waals surface area contributed by atoms with Crippen LogP contribution in [0.15, 0.2) is 22.2 Å². The molecule has 130 valence electrons. The molecule has 2 aliphatic rings. The molecule has 0 saturated carbocycles. The van der Waals surface area contributed by atoms with Crippen molar-refractivity contribution in [3.8, 4) is 29.7 Å². The quantitative estimate of drug-likeness (QED) is 0.758. The zero-order chi connectivity index (χ0) is 18.7.